The lowest BCUT2D eigenvalue weighted by atomic mass is 9.95. The predicted molar refractivity (Wildman–Crippen MR) is 165 cm³/mol. The van der Waals surface area contributed by atoms with Crippen LogP contribution in [0.3, 0.4) is 0 Å². The van der Waals surface area contributed by atoms with Crippen LogP contribution in [0.25, 0.3) is 5.76 Å². The Morgan fingerprint density at radius 1 is 1.09 bits per heavy atom. The fourth-order valence-electron chi connectivity index (χ4n) is 4.81. The number of amides is 1. The Bertz CT molecular complexity index is 1730. The van der Waals surface area contributed by atoms with Crippen molar-refractivity contribution in [3.63, 3.8) is 0 Å². The van der Waals surface area contributed by atoms with Crippen LogP contribution in [0.15, 0.2) is 89.3 Å². The molecule has 4 aromatic rings. The molecule has 2 aliphatic heterocycles. The molecule has 1 N–H and O–H groups in total. The molecule has 0 spiro atoms. The lowest BCUT2D eigenvalue weighted by Gasteiger charge is -2.23. The topological polar surface area (TPSA) is 111 Å². The van der Waals surface area contributed by atoms with E-state index in [9.17, 15) is 14.7 Å². The minimum absolute atomic E-state index is 0.0772. The van der Waals surface area contributed by atoms with Gasteiger partial charge in [-0.1, -0.05) is 77.7 Å². The monoisotopic (exact) mass is 613 g/mol. The van der Waals surface area contributed by atoms with Crippen molar-refractivity contribution in [1.29, 1.82) is 0 Å². The van der Waals surface area contributed by atoms with E-state index >= 15 is 0 Å². The number of anilines is 1. The van der Waals surface area contributed by atoms with E-state index in [0.29, 0.717) is 51.7 Å². The molecule has 1 unspecified atom stereocenters. The number of hydrogen-bond donors (Lipinski definition) is 1. The van der Waals surface area contributed by atoms with E-state index in [0.717, 1.165) is 5.56 Å². The number of aliphatic hydroxyl groups excluding tert-OH is 1. The van der Waals surface area contributed by atoms with Gasteiger partial charge in [0.05, 0.1) is 11.6 Å². The number of Topliss-reactive ketones (excluding diaryl/α,β-unsaturated/α-hetero) is 1. The van der Waals surface area contributed by atoms with Crippen LogP contribution >= 0.6 is 23.1 Å². The van der Waals surface area contributed by atoms with Gasteiger partial charge >= 0.3 is 5.91 Å². The highest BCUT2D eigenvalue weighted by molar-refractivity contribution is 8.00. The first kappa shape index (κ1) is 28.5. The summed E-state index contributed by atoms with van der Waals surface area (Å²) < 4.78 is 17.7. The van der Waals surface area contributed by atoms with Gasteiger partial charge in [-0.3, -0.25) is 14.5 Å². The standard InChI is InChI=1S/C32H27N3O6S2/c1-3-13-39-23-6-4-5-21(16-23)27-26(28(36)22-11-12-24-25(17-22)41-15-14-40-24)29(37)30(38)35(27)31-33-34-32(43-31)42-18-20-9-7-19(2)8-10-20/h3-12,16-17,27,36H,1,13-15,18H2,2H3/b28-26-. The summed E-state index contributed by atoms with van der Waals surface area (Å²) >= 11 is 2.70. The van der Waals surface area contributed by atoms with Crippen LogP contribution in [0.1, 0.15) is 28.3 Å². The average molecular weight is 614 g/mol. The number of ether oxygens (including phenoxy) is 3. The van der Waals surface area contributed by atoms with Crippen molar-refractivity contribution < 1.29 is 28.9 Å². The minimum atomic E-state index is -0.983. The number of ketones is 1. The molecule has 3 heterocycles. The number of rotatable bonds is 9. The van der Waals surface area contributed by atoms with Gasteiger partial charge in [0.15, 0.2) is 15.8 Å². The van der Waals surface area contributed by atoms with Crippen molar-refractivity contribution in [3.05, 3.63) is 107 Å². The third-order valence-corrected chi connectivity index (χ3v) is 9.01. The van der Waals surface area contributed by atoms with Crippen LogP contribution in [0.5, 0.6) is 17.2 Å². The first-order valence-electron chi connectivity index (χ1n) is 13.5. The Balaban J connectivity index is 1.39. The number of hydrogen-bond acceptors (Lipinski definition) is 10. The zero-order chi connectivity index (χ0) is 29.9. The maximum Gasteiger partial charge on any atom is 0.301 e. The normalized spacial score (nSPS) is 17.2. The van der Waals surface area contributed by atoms with Gasteiger partial charge in [0.1, 0.15) is 31.3 Å². The first-order chi connectivity index (χ1) is 20.9. The van der Waals surface area contributed by atoms with Crippen LogP contribution in [0, 0.1) is 6.92 Å². The molecule has 218 valence electrons. The summed E-state index contributed by atoms with van der Waals surface area (Å²) in [7, 11) is 0. The number of carbonyl (C=O) groups is 2. The van der Waals surface area contributed by atoms with Crippen LogP contribution in [0.2, 0.25) is 0 Å². The number of fused-ring (bicyclic) bond motifs is 1. The van der Waals surface area contributed by atoms with Crippen molar-refractivity contribution in [3.8, 4) is 17.2 Å². The Labute approximate surface area is 256 Å². The molecule has 1 amide bonds. The highest BCUT2D eigenvalue weighted by Gasteiger charge is 2.48. The molecule has 0 saturated carbocycles. The highest BCUT2D eigenvalue weighted by atomic mass is 32.2. The second kappa shape index (κ2) is 12.3. The molecule has 9 nitrogen and oxygen atoms in total. The summed E-state index contributed by atoms with van der Waals surface area (Å²) in [6.45, 7) is 6.78. The Hall–Kier alpha value is -4.61. The number of aliphatic hydroxyl groups is 1. The summed E-state index contributed by atoms with van der Waals surface area (Å²) in [5.74, 6) is 0.195. The third-order valence-electron chi connectivity index (χ3n) is 6.89. The smallest absolute Gasteiger partial charge is 0.301 e. The van der Waals surface area contributed by atoms with Gasteiger partial charge in [0.2, 0.25) is 5.13 Å². The van der Waals surface area contributed by atoms with E-state index in [1.54, 1.807) is 48.5 Å². The first-order valence-corrected chi connectivity index (χ1v) is 15.3. The molecule has 1 saturated heterocycles. The molecule has 6 rings (SSSR count). The van der Waals surface area contributed by atoms with Crippen molar-refractivity contribution in [2.24, 2.45) is 0 Å². The van der Waals surface area contributed by atoms with Gasteiger partial charge in [-0.2, -0.15) is 0 Å². The SMILES string of the molecule is C=CCOc1cccc(C2/C(=C(/O)c3ccc4c(c3)OCCO4)C(=O)C(=O)N2c2nnc(SCc3ccc(C)cc3)s2)c1. The second-order valence-electron chi connectivity index (χ2n) is 9.82. The van der Waals surface area contributed by atoms with Gasteiger partial charge in [-0.05, 0) is 48.4 Å². The van der Waals surface area contributed by atoms with Gasteiger partial charge in [0.25, 0.3) is 5.78 Å². The Morgan fingerprint density at radius 2 is 1.88 bits per heavy atom. The van der Waals surface area contributed by atoms with Crippen LogP contribution < -0.4 is 19.1 Å². The van der Waals surface area contributed by atoms with Gasteiger partial charge in [-0.25, -0.2) is 0 Å². The lowest BCUT2D eigenvalue weighted by Crippen LogP contribution is -2.29. The summed E-state index contributed by atoms with van der Waals surface area (Å²) in [4.78, 5) is 28.5. The average Bonchev–Trinajstić information content (AvgIpc) is 3.61. The summed E-state index contributed by atoms with van der Waals surface area (Å²) in [5.41, 5.74) is 3.11. The van der Waals surface area contributed by atoms with Gasteiger partial charge in [0, 0.05) is 11.3 Å². The third kappa shape index (κ3) is 5.86. The van der Waals surface area contributed by atoms with Crippen molar-refractivity contribution >= 4 is 45.7 Å². The van der Waals surface area contributed by atoms with E-state index in [1.807, 2.05) is 6.92 Å². The van der Waals surface area contributed by atoms with Gasteiger partial charge < -0.3 is 19.3 Å². The van der Waals surface area contributed by atoms with Crippen molar-refractivity contribution in [2.75, 3.05) is 24.7 Å². The predicted octanol–water partition coefficient (Wildman–Crippen LogP) is 6.10. The zero-order valence-electron chi connectivity index (χ0n) is 23.2. The van der Waals surface area contributed by atoms with Crippen LogP contribution in [-0.2, 0) is 15.3 Å². The van der Waals surface area contributed by atoms with E-state index in [2.05, 4.69) is 41.0 Å². The van der Waals surface area contributed by atoms with Crippen molar-refractivity contribution in [1.82, 2.24) is 10.2 Å². The zero-order valence-corrected chi connectivity index (χ0v) is 24.8. The quantitative estimate of drug-likeness (QED) is 0.0598. The molecule has 2 aliphatic rings. The molecule has 0 bridgehead atoms. The molecule has 11 heteroatoms. The summed E-state index contributed by atoms with van der Waals surface area (Å²) in [6, 6.07) is 19.2. The molecule has 1 atom stereocenters. The fraction of sp³-hybridized carbons (Fsp3) is 0.188. The minimum Gasteiger partial charge on any atom is -0.507 e. The number of thioether (sulfide) groups is 1. The number of aromatic nitrogens is 2. The van der Waals surface area contributed by atoms with E-state index < -0.39 is 17.7 Å². The highest BCUT2D eigenvalue weighted by Crippen LogP contribution is 2.45. The molecule has 43 heavy (non-hydrogen) atoms. The molecule has 1 aromatic heterocycles. The fourth-order valence-corrected chi connectivity index (χ4v) is 6.63. The van der Waals surface area contributed by atoms with Gasteiger partial charge in [-0.15, -0.1) is 10.2 Å². The van der Waals surface area contributed by atoms with E-state index in [1.165, 1.54) is 33.6 Å². The second-order valence-corrected chi connectivity index (χ2v) is 12.0. The maximum atomic E-state index is 13.6. The summed E-state index contributed by atoms with van der Waals surface area (Å²) in [6.07, 6.45) is 1.62. The van der Waals surface area contributed by atoms with E-state index in [4.69, 9.17) is 14.2 Å². The van der Waals surface area contributed by atoms with Crippen molar-refractivity contribution in [2.45, 2.75) is 23.1 Å². The molecular formula is C32H27N3O6S2. The molecule has 0 aliphatic carbocycles. The lowest BCUT2D eigenvalue weighted by molar-refractivity contribution is -0.132. The van der Waals surface area contributed by atoms with Crippen LogP contribution in [0.4, 0.5) is 5.13 Å². The maximum absolute atomic E-state index is 13.6. The number of carbonyl (C=O) groups excluding carboxylic acids is 2. The molecule has 0 radical (unpaired) electrons. The largest absolute Gasteiger partial charge is 0.507 e. The Morgan fingerprint density at radius 3 is 2.67 bits per heavy atom. The molecule has 3 aromatic carbocycles. The number of benzene rings is 3. The molecule has 1 fully saturated rings. The number of aryl methyl sites for hydroxylation is 1. The van der Waals surface area contributed by atoms with E-state index in [-0.39, 0.29) is 23.1 Å². The molecular weight excluding hydrogens is 587 g/mol. The summed E-state index contributed by atoms with van der Waals surface area (Å²) in [5, 5.41) is 20.4. The number of nitrogens with zero attached hydrogens (tertiary/aromatic N) is 3. The Kier molecular flexibility index (Phi) is 8.17. The van der Waals surface area contributed by atoms with Crippen LogP contribution in [-0.4, -0.2) is 46.8 Å².